The lowest BCUT2D eigenvalue weighted by molar-refractivity contribution is -0.119. The fourth-order valence-electron chi connectivity index (χ4n) is 1.37. The van der Waals surface area contributed by atoms with Crippen LogP contribution in [-0.4, -0.2) is 23.7 Å². The van der Waals surface area contributed by atoms with Crippen molar-refractivity contribution in [1.29, 1.82) is 0 Å². The van der Waals surface area contributed by atoms with E-state index in [1.54, 1.807) is 6.92 Å². The summed E-state index contributed by atoms with van der Waals surface area (Å²) < 4.78 is 26.3. The Hall–Kier alpha value is -1.63. The molecule has 7 heteroatoms. The molecule has 0 saturated heterocycles. The summed E-state index contributed by atoms with van der Waals surface area (Å²) in [5, 5.41) is 4.04. The molecule has 1 aromatic carbocycles. The van der Waals surface area contributed by atoms with Crippen LogP contribution < -0.4 is 10.6 Å². The number of thioether (sulfide) groups is 1. The van der Waals surface area contributed by atoms with Crippen molar-refractivity contribution >= 4 is 23.7 Å². The lowest BCUT2D eigenvalue weighted by atomic mass is 10.2. The minimum atomic E-state index is -0.732. The van der Waals surface area contributed by atoms with Crippen molar-refractivity contribution in [1.82, 2.24) is 10.6 Å². The Balaban J connectivity index is 2.52. The minimum Gasteiger partial charge on any atom is -0.338 e. The van der Waals surface area contributed by atoms with Crippen LogP contribution in [0.15, 0.2) is 23.1 Å². The molecule has 0 saturated carbocycles. The molecule has 1 rings (SSSR count). The number of amides is 3. The normalized spacial score (nSPS) is 12.1. The number of nitrogens with one attached hydrogen (secondary N) is 2. The third-order valence-corrected chi connectivity index (χ3v) is 3.63. The van der Waals surface area contributed by atoms with E-state index in [9.17, 15) is 18.4 Å². The first-order valence-corrected chi connectivity index (χ1v) is 7.38. The third-order valence-electron chi connectivity index (χ3n) is 2.47. The van der Waals surface area contributed by atoms with E-state index in [4.69, 9.17) is 0 Å². The number of rotatable bonds is 5. The topological polar surface area (TPSA) is 58.2 Å². The van der Waals surface area contributed by atoms with Crippen LogP contribution in [0.4, 0.5) is 13.6 Å². The van der Waals surface area contributed by atoms with E-state index in [1.807, 2.05) is 13.8 Å². The van der Waals surface area contributed by atoms with Crippen LogP contribution in [0.5, 0.6) is 0 Å². The molecule has 1 unspecified atom stereocenters. The van der Waals surface area contributed by atoms with Crippen LogP contribution in [-0.2, 0) is 4.79 Å². The van der Waals surface area contributed by atoms with Gasteiger partial charge in [0.1, 0.15) is 11.6 Å². The first kappa shape index (κ1) is 17.4. The van der Waals surface area contributed by atoms with Crippen LogP contribution >= 0.6 is 11.8 Å². The van der Waals surface area contributed by atoms with Gasteiger partial charge in [0, 0.05) is 17.5 Å². The minimum absolute atomic E-state index is 0.154. The number of carbonyl (C=O) groups excluding carboxylic acids is 2. The zero-order valence-corrected chi connectivity index (χ0v) is 12.9. The van der Waals surface area contributed by atoms with E-state index in [1.165, 1.54) is 6.07 Å². The Morgan fingerprint density at radius 3 is 2.48 bits per heavy atom. The number of imide groups is 1. The van der Waals surface area contributed by atoms with Crippen LogP contribution in [0.3, 0.4) is 0 Å². The molecule has 0 radical (unpaired) electrons. The molecule has 0 aliphatic rings. The zero-order chi connectivity index (χ0) is 16.0. The summed E-state index contributed by atoms with van der Waals surface area (Å²) in [7, 11) is 0. The molecule has 0 aliphatic heterocycles. The van der Waals surface area contributed by atoms with Gasteiger partial charge in [-0.05, 0) is 25.0 Å². The third kappa shape index (κ3) is 6.12. The summed E-state index contributed by atoms with van der Waals surface area (Å²) in [6.45, 7) is 5.85. The van der Waals surface area contributed by atoms with Crippen molar-refractivity contribution in [3.8, 4) is 0 Å². The van der Waals surface area contributed by atoms with Gasteiger partial charge >= 0.3 is 6.03 Å². The first-order chi connectivity index (χ1) is 9.79. The number of urea groups is 1. The lowest BCUT2D eigenvalue weighted by Crippen LogP contribution is -2.43. The molecule has 2 N–H and O–H groups in total. The van der Waals surface area contributed by atoms with Crippen molar-refractivity contribution in [2.45, 2.75) is 30.9 Å². The Morgan fingerprint density at radius 2 is 1.90 bits per heavy atom. The number of hydrogen-bond donors (Lipinski definition) is 2. The van der Waals surface area contributed by atoms with E-state index < -0.39 is 28.8 Å². The van der Waals surface area contributed by atoms with Crippen LogP contribution in [0, 0.1) is 17.6 Å². The van der Waals surface area contributed by atoms with Gasteiger partial charge in [-0.3, -0.25) is 10.1 Å². The summed E-state index contributed by atoms with van der Waals surface area (Å²) in [6.07, 6.45) is 0. The molecule has 0 aromatic heterocycles. The standard InChI is InChI=1S/C14H18F2N2O2S/c1-8(2)7-17-14(20)18-13(19)9(3)21-12-5-4-10(15)6-11(12)16/h4-6,8-9H,7H2,1-3H3,(H2,17,18,19,20). The molecule has 21 heavy (non-hydrogen) atoms. The average molecular weight is 316 g/mol. The highest BCUT2D eigenvalue weighted by molar-refractivity contribution is 8.00. The monoisotopic (exact) mass is 316 g/mol. The first-order valence-electron chi connectivity index (χ1n) is 6.50. The summed E-state index contributed by atoms with van der Waals surface area (Å²) in [6, 6.07) is 2.55. The molecule has 1 atom stereocenters. The van der Waals surface area contributed by atoms with Crippen molar-refractivity contribution in [3.63, 3.8) is 0 Å². The van der Waals surface area contributed by atoms with Gasteiger partial charge in [0.2, 0.25) is 5.91 Å². The average Bonchev–Trinajstić information content (AvgIpc) is 2.39. The quantitative estimate of drug-likeness (QED) is 0.821. The Bertz CT molecular complexity index is 524. The highest BCUT2D eigenvalue weighted by Gasteiger charge is 2.18. The molecule has 116 valence electrons. The predicted octanol–water partition coefficient (Wildman–Crippen LogP) is 2.93. The van der Waals surface area contributed by atoms with Crippen LogP contribution in [0.25, 0.3) is 0 Å². The molecule has 1 aromatic rings. The van der Waals surface area contributed by atoms with Gasteiger partial charge in [-0.2, -0.15) is 0 Å². The summed E-state index contributed by atoms with van der Waals surface area (Å²) >= 11 is 0.920. The molecular weight excluding hydrogens is 298 g/mol. The highest BCUT2D eigenvalue weighted by Crippen LogP contribution is 2.26. The molecule has 3 amide bonds. The predicted molar refractivity (Wildman–Crippen MR) is 78.1 cm³/mol. The summed E-state index contributed by atoms with van der Waals surface area (Å²) in [5.41, 5.74) is 0. The van der Waals surface area contributed by atoms with E-state index >= 15 is 0 Å². The molecule has 0 bridgehead atoms. The van der Waals surface area contributed by atoms with E-state index in [0.29, 0.717) is 6.54 Å². The number of carbonyl (C=O) groups is 2. The molecule has 0 spiro atoms. The molecule has 0 fully saturated rings. The Labute approximate surface area is 126 Å². The second kappa shape index (κ2) is 7.97. The van der Waals surface area contributed by atoms with E-state index in [2.05, 4.69) is 10.6 Å². The van der Waals surface area contributed by atoms with E-state index in [-0.39, 0.29) is 10.8 Å². The summed E-state index contributed by atoms with van der Waals surface area (Å²) in [5.74, 6) is -1.68. The summed E-state index contributed by atoms with van der Waals surface area (Å²) in [4.78, 5) is 23.4. The van der Waals surface area contributed by atoms with Crippen molar-refractivity contribution < 1.29 is 18.4 Å². The van der Waals surface area contributed by atoms with Gasteiger partial charge < -0.3 is 5.32 Å². The van der Waals surface area contributed by atoms with Gasteiger partial charge in [-0.25, -0.2) is 13.6 Å². The smallest absolute Gasteiger partial charge is 0.321 e. The highest BCUT2D eigenvalue weighted by atomic mass is 32.2. The van der Waals surface area contributed by atoms with Gasteiger partial charge in [0.15, 0.2) is 0 Å². The van der Waals surface area contributed by atoms with Gasteiger partial charge in [0.25, 0.3) is 0 Å². The molecule has 0 aliphatic carbocycles. The fourth-order valence-corrected chi connectivity index (χ4v) is 2.23. The molecule has 0 heterocycles. The number of halogens is 2. The second-order valence-corrected chi connectivity index (χ2v) is 6.31. The van der Waals surface area contributed by atoms with Crippen LogP contribution in [0.2, 0.25) is 0 Å². The largest absolute Gasteiger partial charge is 0.338 e. The molecular formula is C14H18F2N2O2S. The SMILES string of the molecule is CC(C)CNC(=O)NC(=O)C(C)Sc1ccc(F)cc1F. The van der Waals surface area contributed by atoms with Gasteiger partial charge in [0.05, 0.1) is 5.25 Å². The van der Waals surface area contributed by atoms with Gasteiger partial charge in [-0.15, -0.1) is 11.8 Å². The van der Waals surface area contributed by atoms with Crippen LogP contribution in [0.1, 0.15) is 20.8 Å². The Kier molecular flexibility index (Phi) is 6.61. The number of benzene rings is 1. The Morgan fingerprint density at radius 1 is 1.24 bits per heavy atom. The maximum atomic E-state index is 13.5. The molecule has 4 nitrogen and oxygen atoms in total. The maximum absolute atomic E-state index is 13.5. The van der Waals surface area contributed by atoms with E-state index in [0.717, 1.165) is 23.9 Å². The zero-order valence-electron chi connectivity index (χ0n) is 12.1. The van der Waals surface area contributed by atoms with Crippen molar-refractivity contribution in [3.05, 3.63) is 29.8 Å². The lowest BCUT2D eigenvalue weighted by Gasteiger charge is -2.13. The van der Waals surface area contributed by atoms with Gasteiger partial charge in [-0.1, -0.05) is 13.8 Å². The maximum Gasteiger partial charge on any atom is 0.321 e. The second-order valence-electron chi connectivity index (χ2n) is 4.93. The number of hydrogen-bond acceptors (Lipinski definition) is 3. The van der Waals surface area contributed by atoms with Crippen molar-refractivity contribution in [2.24, 2.45) is 5.92 Å². The fraction of sp³-hybridized carbons (Fsp3) is 0.429. The van der Waals surface area contributed by atoms with Crippen molar-refractivity contribution in [2.75, 3.05) is 6.54 Å².